The van der Waals surface area contributed by atoms with Crippen molar-refractivity contribution in [2.45, 2.75) is 38.6 Å². The van der Waals surface area contributed by atoms with Crippen molar-refractivity contribution in [3.63, 3.8) is 0 Å². The van der Waals surface area contributed by atoms with Crippen molar-refractivity contribution in [2.75, 3.05) is 0 Å². The zero-order valence-electron chi connectivity index (χ0n) is 7.86. The van der Waals surface area contributed by atoms with E-state index in [4.69, 9.17) is 0 Å². The van der Waals surface area contributed by atoms with E-state index in [2.05, 4.69) is 5.10 Å². The summed E-state index contributed by atoms with van der Waals surface area (Å²) in [6, 6.07) is 0.536. The minimum Gasteiger partial charge on any atom is -0.298 e. The first kappa shape index (κ1) is 8.48. The highest BCUT2D eigenvalue weighted by Crippen LogP contribution is 2.30. The van der Waals surface area contributed by atoms with Gasteiger partial charge in [0.1, 0.15) is 0 Å². The van der Waals surface area contributed by atoms with Crippen LogP contribution in [0, 0.1) is 6.92 Å². The predicted molar refractivity (Wildman–Crippen MR) is 49.9 cm³/mol. The second-order valence-corrected chi connectivity index (χ2v) is 3.69. The molecule has 0 aromatic carbocycles. The molecule has 0 bridgehead atoms. The molecule has 0 aliphatic heterocycles. The first-order chi connectivity index (χ1) is 6.33. The summed E-state index contributed by atoms with van der Waals surface area (Å²) in [6.07, 6.45) is 7.55. The maximum absolute atomic E-state index is 10.6. The maximum atomic E-state index is 10.6. The number of hydrogen-bond acceptors (Lipinski definition) is 2. The molecule has 3 nitrogen and oxygen atoms in total. The van der Waals surface area contributed by atoms with Crippen molar-refractivity contribution in [2.24, 2.45) is 0 Å². The van der Waals surface area contributed by atoms with Crippen LogP contribution in [0.3, 0.4) is 0 Å². The first-order valence-electron chi connectivity index (χ1n) is 4.82. The molecule has 1 aromatic heterocycles. The van der Waals surface area contributed by atoms with Gasteiger partial charge in [0.15, 0.2) is 6.29 Å². The van der Waals surface area contributed by atoms with Crippen LogP contribution >= 0.6 is 0 Å². The highest BCUT2D eigenvalue weighted by molar-refractivity contribution is 5.75. The molecule has 70 valence electrons. The van der Waals surface area contributed by atoms with Crippen LogP contribution in [0.25, 0.3) is 0 Å². The third kappa shape index (κ3) is 1.39. The molecule has 0 spiro atoms. The average molecular weight is 178 g/mol. The van der Waals surface area contributed by atoms with Gasteiger partial charge in [-0.15, -0.1) is 0 Å². The summed E-state index contributed by atoms with van der Waals surface area (Å²) in [4.78, 5) is 10.6. The fourth-order valence-corrected chi connectivity index (χ4v) is 2.07. The lowest BCUT2D eigenvalue weighted by atomic mass is 10.2. The van der Waals surface area contributed by atoms with E-state index >= 15 is 0 Å². The molecular weight excluding hydrogens is 164 g/mol. The van der Waals surface area contributed by atoms with E-state index in [9.17, 15) is 4.79 Å². The SMILES string of the molecule is Cc1c(C=O)cnn1C1CCCC1. The molecule has 1 saturated carbocycles. The van der Waals surface area contributed by atoms with E-state index < -0.39 is 0 Å². The Labute approximate surface area is 77.7 Å². The molecule has 1 fully saturated rings. The number of hydrogen-bond donors (Lipinski definition) is 0. The number of rotatable bonds is 2. The number of aldehydes is 1. The zero-order valence-corrected chi connectivity index (χ0v) is 7.86. The summed E-state index contributed by atoms with van der Waals surface area (Å²) < 4.78 is 2.01. The van der Waals surface area contributed by atoms with Crippen molar-refractivity contribution < 1.29 is 4.79 Å². The highest BCUT2D eigenvalue weighted by Gasteiger charge is 2.19. The topological polar surface area (TPSA) is 34.9 Å². The van der Waals surface area contributed by atoms with Gasteiger partial charge in [0.05, 0.1) is 17.8 Å². The van der Waals surface area contributed by atoms with Gasteiger partial charge < -0.3 is 0 Å². The minimum atomic E-state index is 0.536. The predicted octanol–water partition coefficient (Wildman–Crippen LogP) is 2.12. The Bertz CT molecular complexity index is 311. The molecule has 1 aliphatic carbocycles. The molecule has 3 heteroatoms. The number of nitrogens with zero attached hydrogens (tertiary/aromatic N) is 2. The largest absolute Gasteiger partial charge is 0.298 e. The Morgan fingerprint density at radius 2 is 2.23 bits per heavy atom. The van der Waals surface area contributed by atoms with E-state index in [-0.39, 0.29) is 0 Å². The van der Waals surface area contributed by atoms with Crippen LogP contribution in [0.4, 0.5) is 0 Å². The van der Waals surface area contributed by atoms with Gasteiger partial charge in [-0.25, -0.2) is 0 Å². The lowest BCUT2D eigenvalue weighted by Crippen LogP contribution is -2.08. The highest BCUT2D eigenvalue weighted by atomic mass is 16.1. The summed E-state index contributed by atoms with van der Waals surface area (Å²) in [6.45, 7) is 1.97. The third-order valence-corrected chi connectivity index (χ3v) is 2.88. The van der Waals surface area contributed by atoms with E-state index in [1.54, 1.807) is 6.20 Å². The molecule has 1 heterocycles. The second-order valence-electron chi connectivity index (χ2n) is 3.69. The van der Waals surface area contributed by atoms with Gasteiger partial charge in [-0.05, 0) is 19.8 Å². The summed E-state index contributed by atoms with van der Waals surface area (Å²) >= 11 is 0. The standard InChI is InChI=1S/C10H14N2O/c1-8-9(7-13)6-11-12(8)10-4-2-3-5-10/h6-7,10H,2-5H2,1H3. The summed E-state index contributed by atoms with van der Waals surface area (Å²) in [5, 5.41) is 4.25. The van der Waals surface area contributed by atoms with Crippen molar-refractivity contribution >= 4 is 6.29 Å². The van der Waals surface area contributed by atoms with Crippen LogP contribution < -0.4 is 0 Å². The van der Waals surface area contributed by atoms with Gasteiger partial charge in [0.25, 0.3) is 0 Å². The van der Waals surface area contributed by atoms with Crippen LogP contribution in [-0.2, 0) is 0 Å². The maximum Gasteiger partial charge on any atom is 0.153 e. The van der Waals surface area contributed by atoms with Gasteiger partial charge in [0.2, 0.25) is 0 Å². The lowest BCUT2D eigenvalue weighted by molar-refractivity contribution is 0.112. The van der Waals surface area contributed by atoms with Gasteiger partial charge in [-0.3, -0.25) is 9.48 Å². The molecule has 0 radical (unpaired) electrons. The molecule has 13 heavy (non-hydrogen) atoms. The molecule has 0 saturated heterocycles. The summed E-state index contributed by atoms with van der Waals surface area (Å²) in [7, 11) is 0. The van der Waals surface area contributed by atoms with Gasteiger partial charge in [-0.2, -0.15) is 5.10 Å². The monoisotopic (exact) mass is 178 g/mol. The van der Waals surface area contributed by atoms with Crippen LogP contribution in [0.2, 0.25) is 0 Å². The zero-order chi connectivity index (χ0) is 9.26. The van der Waals surface area contributed by atoms with Gasteiger partial charge in [-0.1, -0.05) is 12.8 Å². The molecule has 0 amide bonds. The molecule has 0 atom stereocenters. The van der Waals surface area contributed by atoms with E-state index in [1.165, 1.54) is 25.7 Å². The van der Waals surface area contributed by atoms with Crippen LogP contribution in [0.15, 0.2) is 6.20 Å². The van der Waals surface area contributed by atoms with Crippen LogP contribution in [-0.4, -0.2) is 16.1 Å². The first-order valence-corrected chi connectivity index (χ1v) is 4.82. The van der Waals surface area contributed by atoms with Crippen molar-refractivity contribution in [1.29, 1.82) is 0 Å². The Morgan fingerprint density at radius 1 is 1.54 bits per heavy atom. The smallest absolute Gasteiger partial charge is 0.153 e. The second kappa shape index (κ2) is 3.32. The fourth-order valence-electron chi connectivity index (χ4n) is 2.07. The quantitative estimate of drug-likeness (QED) is 0.650. The Hall–Kier alpha value is -1.12. The van der Waals surface area contributed by atoms with Crippen molar-refractivity contribution in [1.82, 2.24) is 9.78 Å². The molecule has 1 aliphatic rings. The molecule has 0 unspecified atom stereocenters. The summed E-state index contributed by atoms with van der Waals surface area (Å²) in [5.74, 6) is 0. The Morgan fingerprint density at radius 3 is 2.77 bits per heavy atom. The van der Waals surface area contributed by atoms with Crippen molar-refractivity contribution in [3.8, 4) is 0 Å². The van der Waals surface area contributed by atoms with E-state index in [0.29, 0.717) is 6.04 Å². The normalized spacial score (nSPS) is 17.9. The summed E-state index contributed by atoms with van der Waals surface area (Å²) in [5.41, 5.74) is 1.74. The molecule has 2 rings (SSSR count). The number of aromatic nitrogens is 2. The number of carbonyl (C=O) groups is 1. The van der Waals surface area contributed by atoms with Gasteiger partial charge in [0, 0.05) is 5.69 Å². The van der Waals surface area contributed by atoms with Gasteiger partial charge >= 0.3 is 0 Å². The Balaban J connectivity index is 2.29. The van der Waals surface area contributed by atoms with Crippen LogP contribution in [0.1, 0.15) is 47.8 Å². The number of carbonyl (C=O) groups excluding carboxylic acids is 1. The average Bonchev–Trinajstić information content (AvgIpc) is 2.72. The fraction of sp³-hybridized carbons (Fsp3) is 0.600. The molecule has 0 N–H and O–H groups in total. The Kier molecular flexibility index (Phi) is 2.17. The van der Waals surface area contributed by atoms with E-state index in [1.807, 2.05) is 11.6 Å². The molecule has 1 aromatic rings. The lowest BCUT2D eigenvalue weighted by Gasteiger charge is -2.11. The molecular formula is C10H14N2O. The van der Waals surface area contributed by atoms with E-state index in [0.717, 1.165) is 17.5 Å². The third-order valence-electron chi connectivity index (χ3n) is 2.88. The van der Waals surface area contributed by atoms with Crippen LogP contribution in [0.5, 0.6) is 0 Å². The minimum absolute atomic E-state index is 0.536. The van der Waals surface area contributed by atoms with Crippen molar-refractivity contribution in [3.05, 3.63) is 17.5 Å².